The van der Waals surface area contributed by atoms with E-state index in [2.05, 4.69) is 10.1 Å². The fraction of sp³-hybridized carbons (Fsp3) is 0.179. The van der Waals surface area contributed by atoms with Gasteiger partial charge in [-0.05, 0) is 60.4 Å². The first-order valence-electron chi connectivity index (χ1n) is 11.2. The number of alkyl halides is 3. The molecule has 0 aliphatic carbocycles. The fourth-order valence-corrected chi connectivity index (χ4v) is 4.05. The maximum Gasteiger partial charge on any atom is 0.573 e. The van der Waals surface area contributed by atoms with Crippen LogP contribution in [-0.4, -0.2) is 16.8 Å². The Kier molecular flexibility index (Phi) is 7.15. The Bertz CT molecular complexity index is 1360. The molecule has 1 amide bonds. The third-order valence-corrected chi connectivity index (χ3v) is 5.67. The van der Waals surface area contributed by atoms with Crippen LogP contribution in [0, 0.1) is 19.7 Å². The number of amides is 1. The highest BCUT2D eigenvalue weighted by Gasteiger charge is 2.31. The van der Waals surface area contributed by atoms with Crippen LogP contribution in [0.3, 0.4) is 0 Å². The molecule has 1 heterocycles. The number of carbonyl (C=O) groups excluding carboxylic acids is 1. The van der Waals surface area contributed by atoms with E-state index in [0.717, 1.165) is 27.8 Å². The van der Waals surface area contributed by atoms with Gasteiger partial charge in [-0.3, -0.25) is 4.79 Å². The number of hydrogen-bond acceptors (Lipinski definition) is 2. The highest BCUT2D eigenvalue weighted by Crippen LogP contribution is 2.31. The first-order valence-corrected chi connectivity index (χ1v) is 11.2. The van der Waals surface area contributed by atoms with Gasteiger partial charge in [0.1, 0.15) is 17.3 Å². The lowest BCUT2D eigenvalue weighted by Crippen LogP contribution is -2.26. The molecule has 8 heteroatoms. The minimum atomic E-state index is -4.80. The Labute approximate surface area is 206 Å². The lowest BCUT2D eigenvalue weighted by molar-refractivity contribution is -0.274. The number of halogens is 4. The number of aromatic nitrogens is 1. The van der Waals surface area contributed by atoms with Gasteiger partial charge in [-0.1, -0.05) is 54.1 Å². The van der Waals surface area contributed by atoms with Crippen LogP contribution in [0.1, 0.15) is 32.7 Å². The number of ether oxygens (including phenoxy) is 1. The van der Waals surface area contributed by atoms with Gasteiger partial charge in [-0.15, -0.1) is 13.2 Å². The van der Waals surface area contributed by atoms with E-state index >= 15 is 0 Å². The summed E-state index contributed by atoms with van der Waals surface area (Å²) in [5.41, 5.74) is 5.25. The predicted molar refractivity (Wildman–Crippen MR) is 129 cm³/mol. The molecule has 4 nitrogen and oxygen atoms in total. The molecule has 4 rings (SSSR count). The van der Waals surface area contributed by atoms with Gasteiger partial charge >= 0.3 is 6.36 Å². The van der Waals surface area contributed by atoms with Gasteiger partial charge in [-0.2, -0.15) is 0 Å². The van der Waals surface area contributed by atoms with Crippen LogP contribution < -0.4 is 10.1 Å². The summed E-state index contributed by atoms with van der Waals surface area (Å²) < 4.78 is 56.9. The van der Waals surface area contributed by atoms with Crippen LogP contribution in [0.25, 0.3) is 11.1 Å². The monoisotopic (exact) mass is 496 g/mol. The number of rotatable bonds is 7. The average Bonchev–Trinajstić information content (AvgIpc) is 3.14. The van der Waals surface area contributed by atoms with Crippen molar-refractivity contribution in [3.8, 4) is 16.9 Å². The smallest absolute Gasteiger partial charge is 0.406 e. The first kappa shape index (κ1) is 25.0. The molecule has 1 N–H and O–H groups in total. The summed E-state index contributed by atoms with van der Waals surface area (Å²) in [6, 6.07) is 19.3. The SMILES string of the molecule is Cc1ccc(-c2c(C)cn(Cc3ccc(F)cc3)c2C(=O)NCc2cccc(OC(F)(F)F)c2)cc1. The van der Waals surface area contributed by atoms with Crippen LogP contribution >= 0.6 is 0 Å². The van der Waals surface area contributed by atoms with E-state index in [9.17, 15) is 22.4 Å². The van der Waals surface area contributed by atoms with E-state index in [1.54, 1.807) is 22.8 Å². The fourth-order valence-electron chi connectivity index (χ4n) is 4.05. The Morgan fingerprint density at radius 3 is 2.31 bits per heavy atom. The van der Waals surface area contributed by atoms with E-state index in [4.69, 9.17) is 0 Å². The quantitative estimate of drug-likeness (QED) is 0.287. The second-order valence-corrected chi connectivity index (χ2v) is 8.53. The normalized spacial score (nSPS) is 11.4. The lowest BCUT2D eigenvalue weighted by Gasteiger charge is -2.14. The molecule has 3 aromatic carbocycles. The van der Waals surface area contributed by atoms with E-state index in [-0.39, 0.29) is 24.0 Å². The van der Waals surface area contributed by atoms with Crippen molar-refractivity contribution in [3.63, 3.8) is 0 Å². The van der Waals surface area contributed by atoms with E-state index < -0.39 is 6.36 Å². The molecular weight excluding hydrogens is 472 g/mol. The maximum absolute atomic E-state index is 13.5. The maximum atomic E-state index is 13.5. The van der Waals surface area contributed by atoms with Crippen molar-refractivity contribution in [1.82, 2.24) is 9.88 Å². The number of aryl methyl sites for hydroxylation is 2. The van der Waals surface area contributed by atoms with Gasteiger partial charge in [0.05, 0.1) is 0 Å². The van der Waals surface area contributed by atoms with Gasteiger partial charge in [0, 0.05) is 24.8 Å². The molecule has 0 atom stereocenters. The molecule has 4 aromatic rings. The Morgan fingerprint density at radius 1 is 0.944 bits per heavy atom. The predicted octanol–water partition coefficient (Wildman–Crippen LogP) is 6.79. The van der Waals surface area contributed by atoms with Crippen LogP contribution in [-0.2, 0) is 13.1 Å². The standard InChI is InChI=1S/C28H24F4N2O2/c1-18-6-10-22(11-7-18)25-19(2)16-34(17-20-8-12-23(29)13-9-20)26(25)27(35)33-15-21-4-3-5-24(14-21)36-28(30,31)32/h3-14,16H,15,17H2,1-2H3,(H,33,35). The van der Waals surface area contributed by atoms with Crippen molar-refractivity contribution in [3.05, 3.63) is 113 Å². The Hall–Kier alpha value is -4.07. The minimum absolute atomic E-state index is 0.00199. The topological polar surface area (TPSA) is 43.3 Å². The molecule has 1 aromatic heterocycles. The second kappa shape index (κ2) is 10.3. The molecule has 0 aliphatic heterocycles. The minimum Gasteiger partial charge on any atom is -0.406 e. The molecule has 0 aliphatic rings. The van der Waals surface area contributed by atoms with Gasteiger partial charge in [0.15, 0.2) is 0 Å². The summed E-state index contributed by atoms with van der Waals surface area (Å²) in [6.07, 6.45) is -2.94. The summed E-state index contributed by atoms with van der Waals surface area (Å²) in [7, 11) is 0. The van der Waals surface area contributed by atoms with Crippen molar-refractivity contribution in [2.75, 3.05) is 0 Å². The summed E-state index contributed by atoms with van der Waals surface area (Å²) in [5, 5.41) is 2.82. The van der Waals surface area contributed by atoms with Crippen molar-refractivity contribution in [2.45, 2.75) is 33.3 Å². The highest BCUT2D eigenvalue weighted by molar-refractivity contribution is 6.00. The third kappa shape index (κ3) is 6.13. The van der Waals surface area contributed by atoms with Crippen LogP contribution in [0.5, 0.6) is 5.75 Å². The largest absolute Gasteiger partial charge is 0.573 e. The van der Waals surface area contributed by atoms with E-state index in [1.807, 2.05) is 44.3 Å². The summed E-state index contributed by atoms with van der Waals surface area (Å²) in [5.74, 6) is -1.09. The number of nitrogens with one attached hydrogen (secondary N) is 1. The van der Waals surface area contributed by atoms with Crippen LogP contribution in [0.4, 0.5) is 17.6 Å². The van der Waals surface area contributed by atoms with E-state index in [1.165, 1.54) is 30.3 Å². The van der Waals surface area contributed by atoms with Crippen molar-refractivity contribution in [1.29, 1.82) is 0 Å². The lowest BCUT2D eigenvalue weighted by atomic mass is 10.0. The van der Waals surface area contributed by atoms with Crippen LogP contribution in [0.15, 0.2) is 79.0 Å². The summed E-state index contributed by atoms with van der Waals surface area (Å²) >= 11 is 0. The molecule has 0 bridgehead atoms. The van der Waals surface area contributed by atoms with Crippen molar-refractivity contribution >= 4 is 5.91 Å². The molecule has 0 saturated heterocycles. The number of nitrogens with zero attached hydrogens (tertiary/aromatic N) is 1. The molecule has 186 valence electrons. The van der Waals surface area contributed by atoms with Gasteiger partial charge in [0.2, 0.25) is 0 Å². The molecule has 0 saturated carbocycles. The average molecular weight is 497 g/mol. The number of benzene rings is 3. The van der Waals surface area contributed by atoms with Gasteiger partial charge < -0.3 is 14.6 Å². The third-order valence-electron chi connectivity index (χ3n) is 5.67. The van der Waals surface area contributed by atoms with Gasteiger partial charge in [0.25, 0.3) is 5.91 Å². The van der Waals surface area contributed by atoms with Crippen molar-refractivity contribution in [2.24, 2.45) is 0 Å². The highest BCUT2D eigenvalue weighted by atomic mass is 19.4. The van der Waals surface area contributed by atoms with Gasteiger partial charge in [-0.25, -0.2) is 4.39 Å². The molecule has 0 radical (unpaired) electrons. The molecule has 0 spiro atoms. The molecule has 0 unspecified atom stereocenters. The number of carbonyl (C=O) groups is 1. The van der Waals surface area contributed by atoms with Crippen LogP contribution in [0.2, 0.25) is 0 Å². The zero-order chi connectivity index (χ0) is 25.9. The Balaban J connectivity index is 1.65. The molecular formula is C28H24F4N2O2. The zero-order valence-electron chi connectivity index (χ0n) is 19.7. The Morgan fingerprint density at radius 2 is 1.64 bits per heavy atom. The summed E-state index contributed by atoms with van der Waals surface area (Å²) in [6.45, 7) is 4.22. The van der Waals surface area contributed by atoms with Crippen molar-refractivity contribution < 1.29 is 27.1 Å². The second-order valence-electron chi connectivity index (χ2n) is 8.53. The molecule has 36 heavy (non-hydrogen) atoms. The summed E-state index contributed by atoms with van der Waals surface area (Å²) in [4.78, 5) is 13.5. The van der Waals surface area contributed by atoms with E-state index in [0.29, 0.717) is 17.8 Å². The zero-order valence-corrected chi connectivity index (χ0v) is 19.7. The molecule has 0 fully saturated rings. The first-order chi connectivity index (χ1) is 17.1. The number of hydrogen-bond donors (Lipinski definition) is 1.